The summed E-state index contributed by atoms with van der Waals surface area (Å²) in [5.74, 6) is 0.786. The Hall–Kier alpha value is -1.53. The molecular weight excluding hydrogens is 190 g/mol. The predicted molar refractivity (Wildman–Crippen MR) is 55.7 cm³/mol. The maximum Gasteiger partial charge on any atom is 0.119 e. The van der Waals surface area contributed by atoms with E-state index in [-0.39, 0.29) is 0 Å². The SMILES string of the molecule is COc1cccc([C@@]2(C#N)CCOC2)c1. The summed E-state index contributed by atoms with van der Waals surface area (Å²) in [4.78, 5) is 0. The first-order chi connectivity index (χ1) is 7.30. The zero-order valence-corrected chi connectivity index (χ0v) is 8.69. The lowest BCUT2D eigenvalue weighted by atomic mass is 9.81. The molecule has 0 amide bonds. The first kappa shape index (κ1) is 10.0. The van der Waals surface area contributed by atoms with E-state index in [1.54, 1.807) is 7.11 Å². The molecule has 0 unspecified atom stereocenters. The third-order valence-corrected chi connectivity index (χ3v) is 2.86. The van der Waals surface area contributed by atoms with E-state index < -0.39 is 5.41 Å². The summed E-state index contributed by atoms with van der Waals surface area (Å²) >= 11 is 0. The average Bonchev–Trinajstić information content (AvgIpc) is 2.79. The minimum atomic E-state index is -0.478. The highest BCUT2D eigenvalue weighted by Crippen LogP contribution is 2.33. The molecule has 1 aromatic rings. The van der Waals surface area contributed by atoms with Crippen LogP contribution in [0, 0.1) is 11.3 Å². The second kappa shape index (κ2) is 3.92. The number of benzene rings is 1. The van der Waals surface area contributed by atoms with Gasteiger partial charge in [0.25, 0.3) is 0 Å². The third-order valence-electron chi connectivity index (χ3n) is 2.86. The monoisotopic (exact) mass is 203 g/mol. The summed E-state index contributed by atoms with van der Waals surface area (Å²) in [6.45, 7) is 1.14. The molecule has 1 saturated heterocycles. The molecule has 0 radical (unpaired) electrons. The standard InChI is InChI=1S/C12H13NO2/c1-14-11-4-2-3-10(7-11)12(8-13)5-6-15-9-12/h2-4,7H,5-6,9H2,1H3/t12-/m1/s1. The lowest BCUT2D eigenvalue weighted by Gasteiger charge is -2.19. The number of ether oxygens (including phenoxy) is 2. The number of hydrogen-bond acceptors (Lipinski definition) is 3. The van der Waals surface area contributed by atoms with Crippen molar-refractivity contribution in [3.63, 3.8) is 0 Å². The van der Waals surface area contributed by atoms with Gasteiger partial charge >= 0.3 is 0 Å². The van der Waals surface area contributed by atoms with Crippen LogP contribution in [0.3, 0.4) is 0 Å². The van der Waals surface area contributed by atoms with Crippen molar-refractivity contribution in [1.29, 1.82) is 5.26 Å². The maximum absolute atomic E-state index is 9.26. The molecule has 1 aliphatic rings. The van der Waals surface area contributed by atoms with Gasteiger partial charge in [-0.15, -0.1) is 0 Å². The summed E-state index contributed by atoms with van der Waals surface area (Å²) in [6, 6.07) is 10.0. The molecule has 78 valence electrons. The van der Waals surface area contributed by atoms with E-state index in [0.717, 1.165) is 17.7 Å². The summed E-state index contributed by atoms with van der Waals surface area (Å²) in [7, 11) is 1.63. The second-order valence-electron chi connectivity index (χ2n) is 3.73. The molecule has 15 heavy (non-hydrogen) atoms. The van der Waals surface area contributed by atoms with Crippen LogP contribution in [-0.2, 0) is 10.2 Å². The Morgan fingerprint density at radius 2 is 2.40 bits per heavy atom. The molecule has 0 aromatic heterocycles. The fourth-order valence-electron chi connectivity index (χ4n) is 1.87. The minimum Gasteiger partial charge on any atom is -0.497 e. The first-order valence-electron chi connectivity index (χ1n) is 4.94. The van der Waals surface area contributed by atoms with E-state index in [1.807, 2.05) is 24.3 Å². The Morgan fingerprint density at radius 3 is 3.00 bits per heavy atom. The van der Waals surface area contributed by atoms with Crippen LogP contribution < -0.4 is 4.74 Å². The first-order valence-corrected chi connectivity index (χ1v) is 4.94. The smallest absolute Gasteiger partial charge is 0.119 e. The minimum absolute atomic E-state index is 0.478. The van der Waals surface area contributed by atoms with Crippen molar-refractivity contribution in [3.8, 4) is 11.8 Å². The lowest BCUT2D eigenvalue weighted by Crippen LogP contribution is -2.23. The highest BCUT2D eigenvalue weighted by molar-refractivity contribution is 5.39. The van der Waals surface area contributed by atoms with Crippen molar-refractivity contribution in [1.82, 2.24) is 0 Å². The van der Waals surface area contributed by atoms with Gasteiger partial charge < -0.3 is 9.47 Å². The highest BCUT2D eigenvalue weighted by atomic mass is 16.5. The number of nitrogens with zero attached hydrogens (tertiary/aromatic N) is 1. The second-order valence-corrected chi connectivity index (χ2v) is 3.73. The van der Waals surface area contributed by atoms with Gasteiger partial charge in [-0.1, -0.05) is 12.1 Å². The Bertz CT molecular complexity index is 389. The molecule has 1 atom stereocenters. The normalized spacial score (nSPS) is 24.8. The summed E-state index contributed by atoms with van der Waals surface area (Å²) in [5, 5.41) is 9.26. The zero-order valence-electron chi connectivity index (χ0n) is 8.69. The summed E-state index contributed by atoms with van der Waals surface area (Å²) in [6.07, 6.45) is 0.761. The van der Waals surface area contributed by atoms with Crippen LogP contribution in [-0.4, -0.2) is 20.3 Å². The van der Waals surface area contributed by atoms with Gasteiger partial charge in [0.2, 0.25) is 0 Å². The Morgan fingerprint density at radius 1 is 1.53 bits per heavy atom. The fourth-order valence-corrected chi connectivity index (χ4v) is 1.87. The molecule has 0 saturated carbocycles. The topological polar surface area (TPSA) is 42.2 Å². The van der Waals surface area contributed by atoms with Gasteiger partial charge in [-0.3, -0.25) is 0 Å². The number of hydrogen-bond donors (Lipinski definition) is 0. The number of rotatable bonds is 2. The van der Waals surface area contributed by atoms with Gasteiger partial charge in [0.1, 0.15) is 11.2 Å². The van der Waals surface area contributed by atoms with Crippen LogP contribution in [0.1, 0.15) is 12.0 Å². The average molecular weight is 203 g/mol. The molecule has 2 rings (SSSR count). The van der Waals surface area contributed by atoms with Gasteiger partial charge in [0.05, 0.1) is 19.8 Å². The van der Waals surface area contributed by atoms with E-state index >= 15 is 0 Å². The van der Waals surface area contributed by atoms with Crippen molar-refractivity contribution in [3.05, 3.63) is 29.8 Å². The van der Waals surface area contributed by atoms with E-state index in [2.05, 4.69) is 6.07 Å². The Balaban J connectivity index is 2.39. The highest BCUT2D eigenvalue weighted by Gasteiger charge is 2.37. The molecule has 1 aromatic carbocycles. The van der Waals surface area contributed by atoms with Crippen LogP contribution in [0.4, 0.5) is 0 Å². The number of nitriles is 1. The molecular formula is C12H13NO2. The molecule has 1 fully saturated rings. The van der Waals surface area contributed by atoms with Crippen LogP contribution in [0.15, 0.2) is 24.3 Å². The molecule has 3 heteroatoms. The Kier molecular flexibility index (Phi) is 2.61. The lowest BCUT2D eigenvalue weighted by molar-refractivity contribution is 0.186. The van der Waals surface area contributed by atoms with Crippen LogP contribution in [0.5, 0.6) is 5.75 Å². The molecule has 0 spiro atoms. The van der Waals surface area contributed by atoms with E-state index in [0.29, 0.717) is 13.2 Å². The van der Waals surface area contributed by atoms with E-state index in [1.165, 1.54) is 0 Å². The number of methoxy groups -OCH3 is 1. The molecule has 3 nitrogen and oxygen atoms in total. The van der Waals surface area contributed by atoms with Crippen molar-refractivity contribution in [2.24, 2.45) is 0 Å². The molecule has 0 bridgehead atoms. The van der Waals surface area contributed by atoms with Gasteiger partial charge in [-0.05, 0) is 24.1 Å². The van der Waals surface area contributed by atoms with Gasteiger partial charge in [0.15, 0.2) is 0 Å². The zero-order chi connectivity index (χ0) is 10.7. The largest absolute Gasteiger partial charge is 0.497 e. The predicted octanol–water partition coefficient (Wildman–Crippen LogP) is 1.88. The van der Waals surface area contributed by atoms with Crippen molar-refractivity contribution in [2.75, 3.05) is 20.3 Å². The quantitative estimate of drug-likeness (QED) is 0.737. The van der Waals surface area contributed by atoms with E-state index in [9.17, 15) is 5.26 Å². The molecule has 1 heterocycles. The Labute approximate surface area is 89.2 Å². The molecule has 1 aliphatic heterocycles. The van der Waals surface area contributed by atoms with Gasteiger partial charge in [-0.25, -0.2) is 0 Å². The van der Waals surface area contributed by atoms with Crippen LogP contribution in [0.25, 0.3) is 0 Å². The van der Waals surface area contributed by atoms with Crippen molar-refractivity contribution in [2.45, 2.75) is 11.8 Å². The van der Waals surface area contributed by atoms with Crippen LogP contribution in [0.2, 0.25) is 0 Å². The van der Waals surface area contributed by atoms with Crippen molar-refractivity contribution < 1.29 is 9.47 Å². The molecule has 0 aliphatic carbocycles. The van der Waals surface area contributed by atoms with Crippen LogP contribution >= 0.6 is 0 Å². The maximum atomic E-state index is 9.26. The summed E-state index contributed by atoms with van der Waals surface area (Å²) in [5.41, 5.74) is 0.510. The third kappa shape index (κ3) is 1.69. The van der Waals surface area contributed by atoms with E-state index in [4.69, 9.17) is 9.47 Å². The van der Waals surface area contributed by atoms with Gasteiger partial charge in [0, 0.05) is 6.61 Å². The fraction of sp³-hybridized carbons (Fsp3) is 0.417. The van der Waals surface area contributed by atoms with Crippen molar-refractivity contribution >= 4 is 0 Å². The molecule has 0 N–H and O–H groups in total. The summed E-state index contributed by atoms with van der Waals surface area (Å²) < 4.78 is 10.5. The van der Waals surface area contributed by atoms with Gasteiger partial charge in [-0.2, -0.15) is 5.26 Å².